The van der Waals surface area contributed by atoms with Crippen LogP contribution in [0.1, 0.15) is 28.9 Å². The summed E-state index contributed by atoms with van der Waals surface area (Å²) in [7, 11) is 0. The van der Waals surface area contributed by atoms with Crippen molar-refractivity contribution in [3.8, 4) is 0 Å². The number of hydrogen-bond donors (Lipinski definition) is 1. The highest BCUT2D eigenvalue weighted by molar-refractivity contribution is 7.11. The molecule has 16 heavy (non-hydrogen) atoms. The molecule has 90 valence electrons. The van der Waals surface area contributed by atoms with Gasteiger partial charge < -0.3 is 5.73 Å². The summed E-state index contributed by atoms with van der Waals surface area (Å²) in [5, 5.41) is 1.25. The van der Waals surface area contributed by atoms with Gasteiger partial charge in [0, 0.05) is 17.5 Å². The van der Waals surface area contributed by atoms with Crippen LogP contribution < -0.4 is 5.73 Å². The molecule has 2 N–H and O–H groups in total. The van der Waals surface area contributed by atoms with E-state index < -0.39 is 0 Å². The van der Waals surface area contributed by atoms with Crippen molar-refractivity contribution in [3.05, 3.63) is 15.6 Å². The molecule has 1 aliphatic heterocycles. The van der Waals surface area contributed by atoms with Crippen LogP contribution >= 0.6 is 11.3 Å². The average molecular weight is 239 g/mol. The Morgan fingerprint density at radius 3 is 2.81 bits per heavy atom. The number of aromatic nitrogens is 1. The average Bonchev–Trinajstić information content (AvgIpc) is 2.76. The number of hydrogen-bond acceptors (Lipinski definition) is 4. The third kappa shape index (κ3) is 2.62. The molecule has 0 radical (unpaired) electrons. The topological polar surface area (TPSA) is 42.2 Å². The van der Waals surface area contributed by atoms with E-state index in [1.54, 1.807) is 0 Å². The van der Waals surface area contributed by atoms with E-state index in [1.165, 1.54) is 28.5 Å². The Kier molecular flexibility index (Phi) is 3.62. The molecule has 1 aliphatic rings. The summed E-state index contributed by atoms with van der Waals surface area (Å²) in [6.07, 6.45) is 1.24. The van der Waals surface area contributed by atoms with Crippen LogP contribution in [0.5, 0.6) is 0 Å². The highest BCUT2D eigenvalue weighted by atomic mass is 32.1. The van der Waals surface area contributed by atoms with Crippen LogP contribution in [-0.2, 0) is 6.54 Å². The van der Waals surface area contributed by atoms with E-state index in [-0.39, 0.29) is 0 Å². The minimum absolute atomic E-state index is 0.324. The van der Waals surface area contributed by atoms with E-state index in [1.807, 2.05) is 11.3 Å². The normalized spacial score (nSPS) is 23.9. The molecule has 0 saturated carbocycles. The molecule has 0 amide bonds. The van der Waals surface area contributed by atoms with Gasteiger partial charge in [0.2, 0.25) is 0 Å². The zero-order valence-corrected chi connectivity index (χ0v) is 11.2. The first kappa shape index (κ1) is 12.0. The lowest BCUT2D eigenvalue weighted by Crippen LogP contribution is -2.29. The number of nitrogens with zero attached hydrogens (tertiary/aromatic N) is 2. The number of thiazole rings is 1. The van der Waals surface area contributed by atoms with Crippen molar-refractivity contribution in [2.45, 2.75) is 39.8 Å². The molecule has 0 aliphatic carbocycles. The smallest absolute Gasteiger partial charge is 0.107 e. The van der Waals surface area contributed by atoms with Crippen molar-refractivity contribution in [1.29, 1.82) is 0 Å². The molecular formula is C12H21N3S. The van der Waals surface area contributed by atoms with Gasteiger partial charge in [-0.2, -0.15) is 0 Å². The molecule has 2 atom stereocenters. The largest absolute Gasteiger partial charge is 0.328 e. The highest BCUT2D eigenvalue weighted by Crippen LogP contribution is 2.23. The molecule has 1 aromatic rings. The van der Waals surface area contributed by atoms with Crippen LogP contribution in [0.3, 0.4) is 0 Å². The van der Waals surface area contributed by atoms with Crippen molar-refractivity contribution in [1.82, 2.24) is 9.88 Å². The van der Waals surface area contributed by atoms with Gasteiger partial charge in [0.05, 0.1) is 12.2 Å². The maximum atomic E-state index is 5.94. The predicted molar refractivity (Wildman–Crippen MR) is 68.6 cm³/mol. The Balaban J connectivity index is 1.92. The van der Waals surface area contributed by atoms with E-state index in [0.29, 0.717) is 12.0 Å². The summed E-state index contributed by atoms with van der Waals surface area (Å²) in [5.41, 5.74) is 7.13. The second-order valence-corrected chi connectivity index (χ2v) is 6.18. The van der Waals surface area contributed by atoms with Gasteiger partial charge in [-0.1, -0.05) is 0 Å². The third-order valence-corrected chi connectivity index (χ3v) is 4.54. The molecular weight excluding hydrogens is 218 g/mol. The fraction of sp³-hybridized carbons (Fsp3) is 0.750. The van der Waals surface area contributed by atoms with Crippen LogP contribution in [0, 0.1) is 19.8 Å². The van der Waals surface area contributed by atoms with Gasteiger partial charge in [-0.05, 0) is 39.7 Å². The molecule has 1 fully saturated rings. The van der Waals surface area contributed by atoms with Gasteiger partial charge in [0.15, 0.2) is 0 Å². The minimum atomic E-state index is 0.324. The fourth-order valence-electron chi connectivity index (χ4n) is 2.23. The molecule has 0 aromatic carbocycles. The van der Waals surface area contributed by atoms with Crippen LogP contribution in [0.15, 0.2) is 0 Å². The van der Waals surface area contributed by atoms with E-state index in [2.05, 4.69) is 30.7 Å². The number of rotatable bonds is 3. The number of likely N-dealkylation sites (tertiary alicyclic amines) is 1. The van der Waals surface area contributed by atoms with Crippen LogP contribution in [-0.4, -0.2) is 29.0 Å². The summed E-state index contributed by atoms with van der Waals surface area (Å²) >= 11 is 1.83. The van der Waals surface area contributed by atoms with E-state index in [4.69, 9.17) is 5.73 Å². The molecule has 2 rings (SSSR count). The zero-order chi connectivity index (χ0) is 11.7. The second-order valence-electron chi connectivity index (χ2n) is 4.89. The predicted octanol–water partition coefficient (Wildman–Crippen LogP) is 1.93. The summed E-state index contributed by atoms with van der Waals surface area (Å²) in [5.74, 6) is 0.669. The Morgan fingerprint density at radius 1 is 1.56 bits per heavy atom. The fourth-order valence-corrected chi connectivity index (χ4v) is 3.21. The first-order valence-corrected chi connectivity index (χ1v) is 6.78. The van der Waals surface area contributed by atoms with Crippen molar-refractivity contribution in [3.63, 3.8) is 0 Å². The number of nitrogens with two attached hydrogens (primary N) is 1. The maximum absolute atomic E-state index is 5.94. The van der Waals surface area contributed by atoms with Gasteiger partial charge in [-0.15, -0.1) is 11.3 Å². The Bertz CT molecular complexity index is 340. The molecule has 0 bridgehead atoms. The standard InChI is InChI=1S/C12H21N3S/c1-8(13)11-4-5-15(6-11)7-12-14-9(2)10(3)16-12/h8,11H,4-7,13H2,1-3H3. The Hall–Kier alpha value is -0.450. The second kappa shape index (κ2) is 4.82. The van der Waals surface area contributed by atoms with E-state index in [9.17, 15) is 0 Å². The molecule has 2 unspecified atom stereocenters. The zero-order valence-electron chi connectivity index (χ0n) is 10.4. The van der Waals surface area contributed by atoms with Gasteiger partial charge in [0.1, 0.15) is 5.01 Å². The van der Waals surface area contributed by atoms with Crippen LogP contribution in [0.2, 0.25) is 0 Å². The maximum Gasteiger partial charge on any atom is 0.107 e. The molecule has 0 spiro atoms. The minimum Gasteiger partial charge on any atom is -0.328 e. The molecule has 3 nitrogen and oxygen atoms in total. The van der Waals surface area contributed by atoms with Crippen molar-refractivity contribution >= 4 is 11.3 Å². The first-order valence-electron chi connectivity index (χ1n) is 5.97. The lowest BCUT2D eigenvalue weighted by Gasteiger charge is -2.16. The SMILES string of the molecule is Cc1nc(CN2CCC(C(C)N)C2)sc1C. The quantitative estimate of drug-likeness (QED) is 0.876. The van der Waals surface area contributed by atoms with Gasteiger partial charge >= 0.3 is 0 Å². The molecule has 1 saturated heterocycles. The van der Waals surface area contributed by atoms with Crippen LogP contribution in [0.4, 0.5) is 0 Å². The Labute approximate surface area is 102 Å². The van der Waals surface area contributed by atoms with E-state index in [0.717, 1.165) is 13.1 Å². The monoisotopic (exact) mass is 239 g/mol. The summed E-state index contributed by atoms with van der Waals surface area (Å²) in [6, 6.07) is 0.324. The third-order valence-electron chi connectivity index (χ3n) is 3.48. The highest BCUT2D eigenvalue weighted by Gasteiger charge is 2.25. The lowest BCUT2D eigenvalue weighted by atomic mass is 10.0. The lowest BCUT2D eigenvalue weighted by molar-refractivity contribution is 0.308. The van der Waals surface area contributed by atoms with Crippen molar-refractivity contribution in [2.75, 3.05) is 13.1 Å². The van der Waals surface area contributed by atoms with E-state index >= 15 is 0 Å². The first-order chi connectivity index (χ1) is 7.56. The number of aryl methyl sites for hydroxylation is 2. The van der Waals surface area contributed by atoms with Gasteiger partial charge in [-0.3, -0.25) is 4.90 Å². The Morgan fingerprint density at radius 2 is 2.31 bits per heavy atom. The van der Waals surface area contributed by atoms with Crippen LogP contribution in [0.25, 0.3) is 0 Å². The molecule has 1 aromatic heterocycles. The summed E-state index contributed by atoms with van der Waals surface area (Å²) in [4.78, 5) is 8.41. The van der Waals surface area contributed by atoms with Gasteiger partial charge in [-0.25, -0.2) is 4.98 Å². The summed E-state index contributed by atoms with van der Waals surface area (Å²) in [6.45, 7) is 9.66. The van der Waals surface area contributed by atoms with Gasteiger partial charge in [0.25, 0.3) is 0 Å². The van der Waals surface area contributed by atoms with Crippen molar-refractivity contribution < 1.29 is 0 Å². The summed E-state index contributed by atoms with van der Waals surface area (Å²) < 4.78 is 0. The molecule has 4 heteroatoms. The molecule has 2 heterocycles. The van der Waals surface area contributed by atoms with Crippen molar-refractivity contribution in [2.24, 2.45) is 11.7 Å².